The summed E-state index contributed by atoms with van der Waals surface area (Å²) in [5.41, 5.74) is 4.82. The quantitative estimate of drug-likeness (QED) is 0.719. The Kier molecular flexibility index (Phi) is 6.15. The summed E-state index contributed by atoms with van der Waals surface area (Å²) in [6, 6.07) is 17.3. The SMILES string of the molecule is Cc1ccc(NC(=S)N[C@@H](C)c2ccc(N3CCC[C@@H](C)C3)cc2)cc1. The Hall–Kier alpha value is -2.07. The minimum atomic E-state index is 0.162. The van der Waals surface area contributed by atoms with E-state index in [1.165, 1.54) is 36.2 Å². The van der Waals surface area contributed by atoms with Gasteiger partial charge in [0, 0.05) is 24.5 Å². The molecule has 2 aromatic rings. The molecule has 1 aliphatic heterocycles. The van der Waals surface area contributed by atoms with Gasteiger partial charge in [-0.25, -0.2) is 0 Å². The van der Waals surface area contributed by atoms with E-state index in [1.54, 1.807) is 0 Å². The average Bonchev–Trinajstić information content (AvgIpc) is 2.64. The third-order valence-electron chi connectivity index (χ3n) is 5.07. The van der Waals surface area contributed by atoms with E-state index in [4.69, 9.17) is 12.2 Å². The highest BCUT2D eigenvalue weighted by Gasteiger charge is 2.17. The molecule has 0 saturated carbocycles. The summed E-state index contributed by atoms with van der Waals surface area (Å²) >= 11 is 5.46. The molecule has 0 spiro atoms. The molecule has 1 fully saturated rings. The minimum Gasteiger partial charge on any atom is -0.371 e. The molecule has 0 aliphatic carbocycles. The van der Waals surface area contributed by atoms with E-state index < -0.39 is 0 Å². The first kappa shape index (κ1) is 18.7. The van der Waals surface area contributed by atoms with E-state index in [9.17, 15) is 0 Å². The second-order valence-electron chi connectivity index (χ2n) is 7.47. The van der Waals surface area contributed by atoms with Gasteiger partial charge in [-0.15, -0.1) is 0 Å². The average molecular weight is 368 g/mol. The molecule has 138 valence electrons. The lowest BCUT2D eigenvalue weighted by Gasteiger charge is -2.33. The van der Waals surface area contributed by atoms with Crippen LogP contribution in [0.2, 0.25) is 0 Å². The molecule has 26 heavy (non-hydrogen) atoms. The molecule has 1 aliphatic rings. The molecule has 3 rings (SSSR count). The summed E-state index contributed by atoms with van der Waals surface area (Å²) in [5.74, 6) is 0.786. The Morgan fingerprint density at radius 1 is 1.12 bits per heavy atom. The Labute approximate surface area is 162 Å². The number of aryl methyl sites for hydroxylation is 1. The fourth-order valence-electron chi connectivity index (χ4n) is 3.48. The number of hydrogen-bond acceptors (Lipinski definition) is 2. The summed E-state index contributed by atoms with van der Waals surface area (Å²) in [6.07, 6.45) is 2.64. The van der Waals surface area contributed by atoms with Gasteiger partial charge in [0.2, 0.25) is 0 Å². The van der Waals surface area contributed by atoms with Crippen LogP contribution in [0.15, 0.2) is 48.5 Å². The van der Waals surface area contributed by atoms with Gasteiger partial charge in [-0.1, -0.05) is 36.8 Å². The van der Waals surface area contributed by atoms with Crippen molar-refractivity contribution in [1.29, 1.82) is 0 Å². The molecule has 0 radical (unpaired) electrons. The largest absolute Gasteiger partial charge is 0.371 e. The Bertz CT molecular complexity index is 724. The van der Waals surface area contributed by atoms with Crippen LogP contribution in [0.4, 0.5) is 11.4 Å². The molecule has 2 aromatic carbocycles. The van der Waals surface area contributed by atoms with Gasteiger partial charge >= 0.3 is 0 Å². The lowest BCUT2D eigenvalue weighted by atomic mass is 9.99. The summed E-state index contributed by atoms with van der Waals surface area (Å²) in [5, 5.41) is 7.27. The number of benzene rings is 2. The van der Waals surface area contributed by atoms with Crippen molar-refractivity contribution in [3.05, 3.63) is 59.7 Å². The lowest BCUT2D eigenvalue weighted by molar-refractivity contribution is 0.447. The first-order valence-electron chi connectivity index (χ1n) is 9.50. The molecular weight excluding hydrogens is 338 g/mol. The van der Waals surface area contributed by atoms with E-state index in [-0.39, 0.29) is 6.04 Å². The molecular formula is C22H29N3S. The first-order valence-corrected chi connectivity index (χ1v) is 9.91. The van der Waals surface area contributed by atoms with Crippen LogP contribution in [0.25, 0.3) is 0 Å². The number of nitrogens with one attached hydrogen (secondary N) is 2. The van der Waals surface area contributed by atoms with E-state index in [2.05, 4.69) is 72.7 Å². The summed E-state index contributed by atoms with van der Waals surface area (Å²) in [6.45, 7) is 8.89. The fraction of sp³-hybridized carbons (Fsp3) is 0.409. The van der Waals surface area contributed by atoms with Crippen molar-refractivity contribution in [3.8, 4) is 0 Å². The van der Waals surface area contributed by atoms with Crippen molar-refractivity contribution < 1.29 is 0 Å². The van der Waals surface area contributed by atoms with Crippen LogP contribution in [-0.2, 0) is 0 Å². The van der Waals surface area contributed by atoms with Crippen LogP contribution >= 0.6 is 12.2 Å². The molecule has 0 unspecified atom stereocenters. The zero-order valence-corrected chi connectivity index (χ0v) is 16.8. The summed E-state index contributed by atoms with van der Waals surface area (Å²) < 4.78 is 0. The van der Waals surface area contributed by atoms with Crippen LogP contribution in [0.3, 0.4) is 0 Å². The zero-order valence-electron chi connectivity index (χ0n) is 16.0. The van der Waals surface area contributed by atoms with Crippen molar-refractivity contribution in [1.82, 2.24) is 5.32 Å². The predicted molar refractivity (Wildman–Crippen MR) is 116 cm³/mol. The Morgan fingerprint density at radius 2 is 1.81 bits per heavy atom. The molecule has 0 aromatic heterocycles. The second-order valence-corrected chi connectivity index (χ2v) is 7.88. The lowest BCUT2D eigenvalue weighted by Crippen LogP contribution is -2.34. The molecule has 2 atom stereocenters. The Morgan fingerprint density at radius 3 is 2.46 bits per heavy atom. The van der Waals surface area contributed by atoms with Gasteiger partial charge in [0.15, 0.2) is 5.11 Å². The van der Waals surface area contributed by atoms with Gasteiger partial charge < -0.3 is 15.5 Å². The van der Waals surface area contributed by atoms with Crippen molar-refractivity contribution in [2.24, 2.45) is 5.92 Å². The minimum absolute atomic E-state index is 0.162. The van der Waals surface area contributed by atoms with Gasteiger partial charge in [0.25, 0.3) is 0 Å². The van der Waals surface area contributed by atoms with Crippen LogP contribution in [0, 0.1) is 12.8 Å². The van der Waals surface area contributed by atoms with Gasteiger partial charge in [0.1, 0.15) is 0 Å². The number of thiocarbonyl (C=S) groups is 1. The van der Waals surface area contributed by atoms with Crippen molar-refractivity contribution in [3.63, 3.8) is 0 Å². The summed E-state index contributed by atoms with van der Waals surface area (Å²) in [7, 11) is 0. The highest BCUT2D eigenvalue weighted by Crippen LogP contribution is 2.24. The number of piperidine rings is 1. The molecule has 2 N–H and O–H groups in total. The van der Waals surface area contributed by atoms with E-state index >= 15 is 0 Å². The van der Waals surface area contributed by atoms with Crippen LogP contribution in [-0.4, -0.2) is 18.2 Å². The van der Waals surface area contributed by atoms with Crippen molar-refractivity contribution in [2.75, 3.05) is 23.3 Å². The maximum atomic E-state index is 5.46. The monoisotopic (exact) mass is 367 g/mol. The van der Waals surface area contributed by atoms with Gasteiger partial charge in [-0.05, 0) is 74.7 Å². The number of anilines is 2. The molecule has 4 heteroatoms. The van der Waals surface area contributed by atoms with Crippen LogP contribution in [0.5, 0.6) is 0 Å². The van der Waals surface area contributed by atoms with E-state index in [1.807, 2.05) is 12.1 Å². The smallest absolute Gasteiger partial charge is 0.171 e. The molecule has 3 nitrogen and oxygen atoms in total. The highest BCUT2D eigenvalue weighted by atomic mass is 32.1. The first-order chi connectivity index (χ1) is 12.5. The third-order valence-corrected chi connectivity index (χ3v) is 5.29. The normalized spacial score (nSPS) is 18.3. The predicted octanol–water partition coefficient (Wildman–Crippen LogP) is 5.28. The van der Waals surface area contributed by atoms with E-state index in [0.717, 1.165) is 18.2 Å². The topological polar surface area (TPSA) is 27.3 Å². The van der Waals surface area contributed by atoms with Gasteiger partial charge in [0.05, 0.1) is 6.04 Å². The van der Waals surface area contributed by atoms with Crippen molar-refractivity contribution in [2.45, 2.75) is 39.7 Å². The summed E-state index contributed by atoms with van der Waals surface area (Å²) in [4.78, 5) is 2.50. The second kappa shape index (κ2) is 8.54. The standard InChI is InChI=1S/C22H29N3S/c1-16-6-10-20(11-7-16)24-22(26)23-18(3)19-8-12-21(13-9-19)25-14-4-5-17(2)15-25/h6-13,17-18H,4-5,14-15H2,1-3H3,(H2,23,24,26)/t17-,18+/m1/s1. The molecule has 1 saturated heterocycles. The van der Waals surface area contributed by atoms with Crippen LogP contribution in [0.1, 0.15) is 43.9 Å². The molecule has 0 bridgehead atoms. The molecule has 0 amide bonds. The molecule has 1 heterocycles. The number of rotatable bonds is 4. The van der Waals surface area contributed by atoms with E-state index in [0.29, 0.717) is 5.11 Å². The van der Waals surface area contributed by atoms with Crippen LogP contribution < -0.4 is 15.5 Å². The number of hydrogen-bond donors (Lipinski definition) is 2. The zero-order chi connectivity index (χ0) is 18.5. The van der Waals surface area contributed by atoms with Gasteiger partial charge in [-0.2, -0.15) is 0 Å². The highest BCUT2D eigenvalue weighted by molar-refractivity contribution is 7.80. The maximum absolute atomic E-state index is 5.46. The number of nitrogens with zero attached hydrogens (tertiary/aromatic N) is 1. The third kappa shape index (κ3) is 4.98. The van der Waals surface area contributed by atoms with Gasteiger partial charge in [-0.3, -0.25) is 0 Å². The fourth-order valence-corrected chi connectivity index (χ4v) is 3.78. The van der Waals surface area contributed by atoms with Crippen molar-refractivity contribution >= 4 is 28.7 Å². The maximum Gasteiger partial charge on any atom is 0.171 e. The Balaban J connectivity index is 1.56.